The van der Waals surface area contributed by atoms with E-state index in [-0.39, 0.29) is 6.61 Å². The van der Waals surface area contributed by atoms with E-state index in [1.807, 2.05) is 0 Å². The molecule has 0 saturated carbocycles. The van der Waals surface area contributed by atoms with Crippen LogP contribution >= 0.6 is 0 Å². The minimum absolute atomic E-state index is 0.0482. The van der Waals surface area contributed by atoms with Crippen LogP contribution in [0.1, 0.15) is 12.0 Å². The summed E-state index contributed by atoms with van der Waals surface area (Å²) in [7, 11) is 1.65. The first-order chi connectivity index (χ1) is 6.88. The second kappa shape index (κ2) is 6.34. The number of rotatable bonds is 6. The van der Waals surface area contributed by atoms with Crippen molar-refractivity contribution < 1.29 is 14.6 Å². The maximum absolute atomic E-state index is 8.98. The quantitative estimate of drug-likeness (QED) is 0.691. The van der Waals surface area contributed by atoms with Crippen LogP contribution in [0.2, 0.25) is 0 Å². The first kappa shape index (κ1) is 10.9. The van der Waals surface area contributed by atoms with Crippen LogP contribution in [0.3, 0.4) is 0 Å². The molecule has 1 heterocycles. The highest BCUT2D eigenvalue weighted by Gasteiger charge is 2.02. The lowest BCUT2D eigenvalue weighted by molar-refractivity contribution is 0.169. The van der Waals surface area contributed by atoms with Crippen LogP contribution in [0, 0.1) is 0 Å². The molecule has 0 atom stereocenters. The van der Waals surface area contributed by atoms with E-state index < -0.39 is 0 Å². The summed E-state index contributed by atoms with van der Waals surface area (Å²) in [6.07, 6.45) is 2.46. The molecule has 78 valence electrons. The second-order valence-electron chi connectivity index (χ2n) is 2.82. The molecule has 0 fully saturated rings. The van der Waals surface area contributed by atoms with E-state index in [2.05, 4.69) is 4.98 Å². The van der Waals surface area contributed by atoms with Crippen molar-refractivity contribution in [2.24, 2.45) is 0 Å². The van der Waals surface area contributed by atoms with E-state index in [4.69, 9.17) is 14.6 Å². The van der Waals surface area contributed by atoms with Gasteiger partial charge in [0.1, 0.15) is 0 Å². The number of aliphatic hydroxyl groups is 1. The van der Waals surface area contributed by atoms with Crippen LogP contribution < -0.4 is 4.74 Å². The molecule has 0 amide bonds. The molecular formula is C10H15NO3. The SMILES string of the molecule is COCCCOc1ncccc1CO. The van der Waals surface area contributed by atoms with Crippen molar-refractivity contribution in [1.29, 1.82) is 0 Å². The number of hydrogen-bond donors (Lipinski definition) is 1. The fourth-order valence-corrected chi connectivity index (χ4v) is 1.05. The average molecular weight is 197 g/mol. The zero-order chi connectivity index (χ0) is 10.2. The summed E-state index contributed by atoms with van der Waals surface area (Å²) in [5.74, 6) is 0.506. The van der Waals surface area contributed by atoms with E-state index in [0.717, 1.165) is 6.42 Å². The third kappa shape index (κ3) is 3.32. The van der Waals surface area contributed by atoms with Crippen molar-refractivity contribution in [3.8, 4) is 5.88 Å². The number of pyridine rings is 1. The van der Waals surface area contributed by atoms with Gasteiger partial charge in [-0.2, -0.15) is 0 Å². The maximum Gasteiger partial charge on any atom is 0.218 e. The fourth-order valence-electron chi connectivity index (χ4n) is 1.05. The summed E-state index contributed by atoms with van der Waals surface area (Å²) in [5.41, 5.74) is 0.713. The third-order valence-electron chi connectivity index (χ3n) is 1.75. The molecule has 0 spiro atoms. The highest BCUT2D eigenvalue weighted by molar-refractivity contribution is 5.24. The van der Waals surface area contributed by atoms with E-state index in [1.165, 1.54) is 0 Å². The van der Waals surface area contributed by atoms with E-state index in [1.54, 1.807) is 25.4 Å². The Morgan fingerprint density at radius 1 is 1.43 bits per heavy atom. The Hall–Kier alpha value is -1.13. The Morgan fingerprint density at radius 3 is 3.00 bits per heavy atom. The molecule has 0 aliphatic rings. The Morgan fingerprint density at radius 2 is 2.29 bits per heavy atom. The van der Waals surface area contributed by atoms with Gasteiger partial charge in [0.25, 0.3) is 0 Å². The van der Waals surface area contributed by atoms with Gasteiger partial charge in [0, 0.05) is 31.9 Å². The fraction of sp³-hybridized carbons (Fsp3) is 0.500. The van der Waals surface area contributed by atoms with Gasteiger partial charge in [-0.3, -0.25) is 0 Å². The van der Waals surface area contributed by atoms with Gasteiger partial charge in [0.2, 0.25) is 5.88 Å². The number of methoxy groups -OCH3 is 1. The highest BCUT2D eigenvalue weighted by Crippen LogP contribution is 2.13. The molecule has 1 aromatic heterocycles. The van der Waals surface area contributed by atoms with Gasteiger partial charge < -0.3 is 14.6 Å². The molecule has 1 N–H and O–H groups in total. The standard InChI is InChI=1S/C10H15NO3/c1-13-6-3-7-14-10-9(8-12)4-2-5-11-10/h2,4-5,12H,3,6-8H2,1H3. The van der Waals surface area contributed by atoms with Crippen LogP contribution in [-0.2, 0) is 11.3 Å². The first-order valence-electron chi connectivity index (χ1n) is 4.55. The molecule has 0 radical (unpaired) electrons. The zero-order valence-electron chi connectivity index (χ0n) is 8.27. The number of aliphatic hydroxyl groups excluding tert-OH is 1. The number of ether oxygens (including phenoxy) is 2. The topological polar surface area (TPSA) is 51.6 Å². The molecule has 0 saturated heterocycles. The molecule has 1 aromatic rings. The smallest absolute Gasteiger partial charge is 0.218 e. The van der Waals surface area contributed by atoms with Gasteiger partial charge in [0.05, 0.1) is 13.2 Å². The lowest BCUT2D eigenvalue weighted by Gasteiger charge is -2.07. The van der Waals surface area contributed by atoms with Gasteiger partial charge >= 0.3 is 0 Å². The van der Waals surface area contributed by atoms with Crippen LogP contribution in [-0.4, -0.2) is 30.4 Å². The lowest BCUT2D eigenvalue weighted by atomic mass is 10.3. The van der Waals surface area contributed by atoms with Crippen LogP contribution in [0.5, 0.6) is 5.88 Å². The minimum atomic E-state index is -0.0482. The monoisotopic (exact) mass is 197 g/mol. The molecule has 14 heavy (non-hydrogen) atoms. The van der Waals surface area contributed by atoms with Crippen molar-refractivity contribution in [2.45, 2.75) is 13.0 Å². The van der Waals surface area contributed by atoms with Crippen molar-refractivity contribution in [1.82, 2.24) is 4.98 Å². The van der Waals surface area contributed by atoms with Crippen molar-refractivity contribution in [2.75, 3.05) is 20.3 Å². The summed E-state index contributed by atoms with van der Waals surface area (Å²) >= 11 is 0. The summed E-state index contributed by atoms with van der Waals surface area (Å²) in [6.45, 7) is 1.17. The van der Waals surface area contributed by atoms with E-state index in [0.29, 0.717) is 24.7 Å². The summed E-state index contributed by atoms with van der Waals surface area (Å²) in [5, 5.41) is 8.98. The van der Waals surface area contributed by atoms with Crippen LogP contribution in [0.25, 0.3) is 0 Å². The van der Waals surface area contributed by atoms with Crippen molar-refractivity contribution in [3.63, 3.8) is 0 Å². The van der Waals surface area contributed by atoms with Crippen molar-refractivity contribution in [3.05, 3.63) is 23.9 Å². The van der Waals surface area contributed by atoms with E-state index >= 15 is 0 Å². The number of hydrogen-bond acceptors (Lipinski definition) is 4. The van der Waals surface area contributed by atoms with Crippen LogP contribution in [0.15, 0.2) is 18.3 Å². The summed E-state index contributed by atoms with van der Waals surface area (Å²) in [4.78, 5) is 4.02. The lowest BCUT2D eigenvalue weighted by Crippen LogP contribution is -2.04. The van der Waals surface area contributed by atoms with Crippen molar-refractivity contribution >= 4 is 0 Å². The summed E-state index contributed by atoms with van der Waals surface area (Å²) < 4.78 is 10.3. The molecule has 0 bridgehead atoms. The Labute approximate surface area is 83.5 Å². The highest BCUT2D eigenvalue weighted by atomic mass is 16.5. The molecule has 4 heteroatoms. The maximum atomic E-state index is 8.98. The number of nitrogens with zero attached hydrogens (tertiary/aromatic N) is 1. The summed E-state index contributed by atoms with van der Waals surface area (Å²) in [6, 6.07) is 3.56. The molecule has 1 rings (SSSR count). The predicted molar refractivity (Wildman–Crippen MR) is 52.1 cm³/mol. The Bertz CT molecular complexity index is 265. The third-order valence-corrected chi connectivity index (χ3v) is 1.75. The number of aromatic nitrogens is 1. The second-order valence-corrected chi connectivity index (χ2v) is 2.82. The predicted octanol–water partition coefficient (Wildman–Crippen LogP) is 0.989. The molecule has 0 aliphatic heterocycles. The normalized spacial score (nSPS) is 10.1. The zero-order valence-corrected chi connectivity index (χ0v) is 8.27. The van der Waals surface area contributed by atoms with Gasteiger partial charge in [-0.05, 0) is 12.1 Å². The van der Waals surface area contributed by atoms with Gasteiger partial charge in [-0.15, -0.1) is 0 Å². The van der Waals surface area contributed by atoms with Gasteiger partial charge in [-0.25, -0.2) is 4.98 Å². The minimum Gasteiger partial charge on any atom is -0.477 e. The molecule has 0 aliphatic carbocycles. The molecular weight excluding hydrogens is 182 g/mol. The molecule has 4 nitrogen and oxygen atoms in total. The first-order valence-corrected chi connectivity index (χ1v) is 4.55. The molecule has 0 unspecified atom stereocenters. The van der Waals surface area contributed by atoms with Gasteiger partial charge in [0.15, 0.2) is 0 Å². The van der Waals surface area contributed by atoms with E-state index in [9.17, 15) is 0 Å². The largest absolute Gasteiger partial charge is 0.477 e. The molecule has 0 aromatic carbocycles. The average Bonchev–Trinajstić information content (AvgIpc) is 2.25. The Kier molecular flexibility index (Phi) is 4.96. The van der Waals surface area contributed by atoms with Gasteiger partial charge in [-0.1, -0.05) is 0 Å². The van der Waals surface area contributed by atoms with Crippen LogP contribution in [0.4, 0.5) is 0 Å². The Balaban J connectivity index is 2.41.